The molecule has 0 saturated heterocycles. The van der Waals surface area contributed by atoms with Crippen molar-refractivity contribution in [2.24, 2.45) is 0 Å². The molecule has 0 unspecified atom stereocenters. The largest absolute Gasteiger partial charge is 0.432 e. The fourth-order valence-electron chi connectivity index (χ4n) is 1.32. The molecule has 0 radical (unpaired) electrons. The number of oxazole rings is 1. The molecule has 0 aliphatic rings. The summed E-state index contributed by atoms with van der Waals surface area (Å²) in [6, 6.07) is 2.45. The molecule has 0 aliphatic carbocycles. The molecule has 1 aromatic heterocycles. The van der Waals surface area contributed by atoms with Crippen molar-refractivity contribution in [1.29, 1.82) is 0 Å². The monoisotopic (exact) mass is 313 g/mol. The number of aryl methyl sites for hydroxylation is 1. The van der Waals surface area contributed by atoms with Crippen molar-refractivity contribution in [3.8, 4) is 0 Å². The number of hydrogen-bond acceptors (Lipinski definition) is 4. The van der Waals surface area contributed by atoms with Gasteiger partial charge in [-0.1, -0.05) is 0 Å². The normalized spacial score (nSPS) is 10.4. The Balaban J connectivity index is 2.26. The first-order valence-electron chi connectivity index (χ1n) is 4.95. The van der Waals surface area contributed by atoms with E-state index in [1.165, 1.54) is 12.3 Å². The predicted octanol–water partition coefficient (Wildman–Crippen LogP) is 2.72. The van der Waals surface area contributed by atoms with Crippen LogP contribution >= 0.6 is 15.9 Å². The maximum atomic E-state index is 13.1. The van der Waals surface area contributed by atoms with Crippen LogP contribution in [0.1, 0.15) is 16.1 Å². The second-order valence-corrected chi connectivity index (χ2v) is 4.46. The molecule has 2 rings (SSSR count). The lowest BCUT2D eigenvalue weighted by Crippen LogP contribution is -2.13. The number of nitrogens with one attached hydrogen (secondary N) is 1. The van der Waals surface area contributed by atoms with Crippen molar-refractivity contribution in [3.05, 3.63) is 39.9 Å². The first-order chi connectivity index (χ1) is 8.47. The van der Waals surface area contributed by atoms with E-state index in [2.05, 4.69) is 26.2 Å². The lowest BCUT2D eigenvalue weighted by atomic mass is 10.2. The highest BCUT2D eigenvalue weighted by Crippen LogP contribution is 2.23. The first kappa shape index (κ1) is 12.6. The summed E-state index contributed by atoms with van der Waals surface area (Å²) in [6.07, 6.45) is 1.41. The van der Waals surface area contributed by atoms with Crippen LogP contribution < -0.4 is 11.1 Å². The summed E-state index contributed by atoms with van der Waals surface area (Å²) in [4.78, 5) is 15.8. The summed E-state index contributed by atoms with van der Waals surface area (Å²) in [7, 11) is 0. The van der Waals surface area contributed by atoms with Crippen molar-refractivity contribution in [1.82, 2.24) is 4.98 Å². The van der Waals surface area contributed by atoms with Crippen molar-refractivity contribution >= 4 is 33.5 Å². The van der Waals surface area contributed by atoms with Crippen LogP contribution in [0.3, 0.4) is 0 Å². The molecule has 18 heavy (non-hydrogen) atoms. The van der Waals surface area contributed by atoms with Crippen LogP contribution in [0.2, 0.25) is 0 Å². The Morgan fingerprint density at radius 1 is 1.56 bits per heavy atom. The molecule has 0 aliphatic heterocycles. The van der Waals surface area contributed by atoms with Crippen LogP contribution in [0.25, 0.3) is 0 Å². The summed E-state index contributed by atoms with van der Waals surface area (Å²) < 4.78 is 18.4. The Bertz CT molecular complexity index is 612. The van der Waals surface area contributed by atoms with Gasteiger partial charge in [0.05, 0.1) is 16.9 Å². The summed E-state index contributed by atoms with van der Waals surface area (Å²) in [5.41, 5.74) is 6.15. The highest BCUT2D eigenvalue weighted by atomic mass is 79.9. The smallest absolute Gasteiger partial charge is 0.301 e. The van der Waals surface area contributed by atoms with E-state index in [1.54, 1.807) is 6.92 Å². The average Bonchev–Trinajstić information content (AvgIpc) is 2.69. The molecule has 1 heterocycles. The van der Waals surface area contributed by atoms with Crippen LogP contribution in [-0.2, 0) is 0 Å². The third kappa shape index (κ3) is 2.51. The topological polar surface area (TPSA) is 81.2 Å². The molecule has 0 atom stereocenters. The van der Waals surface area contributed by atoms with Crippen LogP contribution in [-0.4, -0.2) is 10.9 Å². The van der Waals surface area contributed by atoms with Gasteiger partial charge in [0.1, 0.15) is 12.1 Å². The standard InChI is InChI=1S/C11H9BrFN3O2/c1-5-4-18-11(15-5)16-10(17)6-2-9(14)8(13)3-7(6)12/h2-4H,14H2,1H3,(H,15,16,17). The van der Waals surface area contributed by atoms with Crippen LogP contribution in [0.4, 0.5) is 16.1 Å². The number of benzene rings is 1. The Morgan fingerprint density at radius 2 is 2.28 bits per heavy atom. The quantitative estimate of drug-likeness (QED) is 0.835. The Labute approximate surface area is 110 Å². The molecule has 5 nitrogen and oxygen atoms in total. The lowest BCUT2D eigenvalue weighted by Gasteiger charge is -2.05. The molecule has 3 N–H and O–H groups in total. The van der Waals surface area contributed by atoms with Gasteiger partial charge in [0.25, 0.3) is 5.91 Å². The van der Waals surface area contributed by atoms with Gasteiger partial charge in [0, 0.05) is 4.47 Å². The number of rotatable bonds is 2. The Morgan fingerprint density at radius 3 is 2.89 bits per heavy atom. The van der Waals surface area contributed by atoms with Crippen LogP contribution in [0.5, 0.6) is 0 Å². The third-order valence-electron chi connectivity index (χ3n) is 2.17. The van der Waals surface area contributed by atoms with E-state index < -0.39 is 11.7 Å². The molecular formula is C11H9BrFN3O2. The van der Waals surface area contributed by atoms with Gasteiger partial charge in [-0.05, 0) is 35.0 Å². The molecular weight excluding hydrogens is 305 g/mol. The maximum absolute atomic E-state index is 13.1. The number of amides is 1. The van der Waals surface area contributed by atoms with Crippen LogP contribution in [0.15, 0.2) is 27.3 Å². The molecule has 1 amide bonds. The molecule has 0 fully saturated rings. The molecule has 2 aromatic rings. The van der Waals surface area contributed by atoms with Gasteiger partial charge in [0.15, 0.2) is 0 Å². The number of halogens is 2. The number of nitrogen functional groups attached to an aromatic ring is 1. The zero-order chi connectivity index (χ0) is 13.3. The second-order valence-electron chi connectivity index (χ2n) is 3.60. The van der Waals surface area contributed by atoms with E-state index in [9.17, 15) is 9.18 Å². The Hall–Kier alpha value is -1.89. The van der Waals surface area contributed by atoms with E-state index in [-0.39, 0.29) is 17.3 Å². The highest BCUT2D eigenvalue weighted by Gasteiger charge is 2.15. The van der Waals surface area contributed by atoms with Gasteiger partial charge in [-0.25, -0.2) is 4.39 Å². The summed E-state index contributed by atoms with van der Waals surface area (Å²) in [5.74, 6) is -1.08. The number of nitrogens with two attached hydrogens (primary N) is 1. The number of carbonyl (C=O) groups is 1. The van der Waals surface area contributed by atoms with Gasteiger partial charge in [0.2, 0.25) is 0 Å². The van der Waals surface area contributed by atoms with Gasteiger partial charge < -0.3 is 10.2 Å². The van der Waals surface area contributed by atoms with Gasteiger partial charge >= 0.3 is 6.01 Å². The maximum Gasteiger partial charge on any atom is 0.301 e. The Kier molecular flexibility index (Phi) is 3.33. The minimum atomic E-state index is -0.592. The van der Waals surface area contributed by atoms with E-state index in [0.717, 1.165) is 6.07 Å². The lowest BCUT2D eigenvalue weighted by molar-refractivity contribution is 0.102. The number of nitrogens with zero attached hydrogens (tertiary/aromatic N) is 1. The zero-order valence-corrected chi connectivity index (χ0v) is 10.9. The summed E-state index contributed by atoms with van der Waals surface area (Å²) in [6.45, 7) is 1.73. The van der Waals surface area contributed by atoms with Gasteiger partial charge in [-0.3, -0.25) is 10.1 Å². The minimum absolute atomic E-state index is 0.0762. The molecule has 1 aromatic carbocycles. The molecule has 7 heteroatoms. The van der Waals surface area contributed by atoms with Crippen molar-refractivity contribution in [2.75, 3.05) is 11.1 Å². The number of anilines is 2. The second kappa shape index (κ2) is 4.77. The SMILES string of the molecule is Cc1coc(NC(=O)c2cc(N)c(F)cc2Br)n1. The van der Waals surface area contributed by atoms with Crippen molar-refractivity contribution in [3.63, 3.8) is 0 Å². The minimum Gasteiger partial charge on any atom is -0.432 e. The van der Waals surface area contributed by atoms with Crippen molar-refractivity contribution < 1.29 is 13.6 Å². The highest BCUT2D eigenvalue weighted by molar-refractivity contribution is 9.10. The van der Waals surface area contributed by atoms with E-state index in [0.29, 0.717) is 10.2 Å². The van der Waals surface area contributed by atoms with Gasteiger partial charge in [-0.2, -0.15) is 4.98 Å². The fraction of sp³-hybridized carbons (Fsp3) is 0.0909. The van der Waals surface area contributed by atoms with Crippen LogP contribution in [0, 0.1) is 12.7 Å². The van der Waals surface area contributed by atoms with Crippen molar-refractivity contribution in [2.45, 2.75) is 6.92 Å². The zero-order valence-electron chi connectivity index (χ0n) is 9.33. The first-order valence-corrected chi connectivity index (χ1v) is 5.74. The third-order valence-corrected chi connectivity index (χ3v) is 2.83. The predicted molar refractivity (Wildman–Crippen MR) is 67.7 cm³/mol. The van der Waals surface area contributed by atoms with E-state index in [1.807, 2.05) is 0 Å². The molecule has 0 bridgehead atoms. The molecule has 0 spiro atoms. The molecule has 94 valence electrons. The molecule has 0 saturated carbocycles. The fourth-order valence-corrected chi connectivity index (χ4v) is 1.81. The number of hydrogen-bond donors (Lipinski definition) is 2. The number of aromatic nitrogens is 1. The van der Waals surface area contributed by atoms with E-state index in [4.69, 9.17) is 10.2 Å². The average molecular weight is 314 g/mol. The number of carbonyl (C=O) groups excluding carboxylic acids is 1. The van der Waals surface area contributed by atoms with Gasteiger partial charge in [-0.15, -0.1) is 0 Å². The summed E-state index contributed by atoms with van der Waals surface area (Å²) >= 11 is 3.09. The summed E-state index contributed by atoms with van der Waals surface area (Å²) in [5, 5.41) is 2.44. The van der Waals surface area contributed by atoms with E-state index >= 15 is 0 Å².